The van der Waals surface area contributed by atoms with E-state index in [0.717, 1.165) is 0 Å². The van der Waals surface area contributed by atoms with Crippen molar-refractivity contribution >= 4 is 23.3 Å². The van der Waals surface area contributed by atoms with Gasteiger partial charge in [-0.1, -0.05) is 0 Å². The van der Waals surface area contributed by atoms with Crippen molar-refractivity contribution in [1.29, 1.82) is 0 Å². The Morgan fingerprint density at radius 3 is 2.43 bits per heavy atom. The number of fused-ring (bicyclic) bond motifs is 1. The van der Waals surface area contributed by atoms with Gasteiger partial charge in [0.05, 0.1) is 24.2 Å². The minimum Gasteiger partial charge on any atom is -0.462 e. The summed E-state index contributed by atoms with van der Waals surface area (Å²) in [4.78, 5) is 38.2. The molecule has 23 heavy (non-hydrogen) atoms. The number of ketones is 1. The Kier molecular flexibility index (Phi) is 4.56. The topological polar surface area (TPSA) is 72.9 Å². The van der Waals surface area contributed by atoms with Crippen LogP contribution in [0.5, 0.6) is 0 Å². The molecule has 1 aliphatic heterocycles. The molecule has 0 N–H and O–H groups in total. The first kappa shape index (κ1) is 17.1. The molecule has 1 amide bonds. The highest BCUT2D eigenvalue weighted by Crippen LogP contribution is 2.42. The van der Waals surface area contributed by atoms with Gasteiger partial charge in [-0.05, 0) is 38.5 Å². The van der Waals surface area contributed by atoms with Crippen molar-refractivity contribution in [3.8, 4) is 0 Å². The molecule has 1 aromatic carbocycles. The minimum atomic E-state index is -0.879. The van der Waals surface area contributed by atoms with Crippen molar-refractivity contribution < 1.29 is 23.9 Å². The number of amides is 1. The molecule has 2 rings (SSSR count). The summed E-state index contributed by atoms with van der Waals surface area (Å²) in [5, 5.41) is 0. The van der Waals surface area contributed by atoms with Gasteiger partial charge < -0.3 is 14.4 Å². The number of carbonyl (C=O) groups excluding carboxylic acids is 3. The zero-order valence-corrected chi connectivity index (χ0v) is 14.1. The highest BCUT2D eigenvalue weighted by atomic mass is 16.5. The van der Waals surface area contributed by atoms with E-state index in [0.29, 0.717) is 11.3 Å². The van der Waals surface area contributed by atoms with Crippen molar-refractivity contribution in [2.75, 3.05) is 32.3 Å². The van der Waals surface area contributed by atoms with Gasteiger partial charge in [-0.2, -0.15) is 0 Å². The average Bonchev–Trinajstić information content (AvgIpc) is 2.68. The molecule has 1 aromatic rings. The first-order chi connectivity index (χ1) is 10.8. The number of ether oxygens (including phenoxy) is 2. The maximum Gasteiger partial charge on any atom is 0.338 e. The average molecular weight is 319 g/mol. The predicted molar refractivity (Wildman–Crippen MR) is 85.0 cm³/mol. The SMILES string of the molecule is CCOC(=O)c1cc2c(cc1C(C)=O)C(C)(COC)C(=O)N2C. The number of carbonyl (C=O) groups is 3. The number of benzene rings is 1. The van der Waals surface area contributed by atoms with Crippen LogP contribution in [0.25, 0.3) is 0 Å². The fourth-order valence-corrected chi connectivity index (χ4v) is 3.00. The molecule has 1 aliphatic rings. The second-order valence-corrected chi connectivity index (χ2v) is 5.82. The van der Waals surface area contributed by atoms with Gasteiger partial charge in [0.1, 0.15) is 0 Å². The molecule has 0 spiro atoms. The maximum absolute atomic E-state index is 12.6. The number of hydrogen-bond donors (Lipinski definition) is 0. The van der Waals surface area contributed by atoms with Crippen LogP contribution in [-0.2, 0) is 19.7 Å². The van der Waals surface area contributed by atoms with E-state index in [1.165, 1.54) is 18.9 Å². The fraction of sp³-hybridized carbons (Fsp3) is 0.471. The molecular weight excluding hydrogens is 298 g/mol. The van der Waals surface area contributed by atoms with E-state index >= 15 is 0 Å². The summed E-state index contributed by atoms with van der Waals surface area (Å²) >= 11 is 0. The number of methoxy groups -OCH3 is 1. The summed E-state index contributed by atoms with van der Waals surface area (Å²) < 4.78 is 10.2. The van der Waals surface area contributed by atoms with Crippen LogP contribution in [0.4, 0.5) is 5.69 Å². The molecule has 0 bridgehead atoms. The lowest BCUT2D eigenvalue weighted by Crippen LogP contribution is -2.39. The van der Waals surface area contributed by atoms with Crippen LogP contribution in [0.2, 0.25) is 0 Å². The molecular formula is C17H21NO5. The third-order valence-electron chi connectivity index (χ3n) is 4.18. The number of esters is 1. The highest BCUT2D eigenvalue weighted by Gasteiger charge is 2.47. The number of Topliss-reactive ketones (excluding diaryl/α,β-unsaturated/α-hetero) is 1. The van der Waals surface area contributed by atoms with Gasteiger partial charge in [0.2, 0.25) is 5.91 Å². The first-order valence-electron chi connectivity index (χ1n) is 7.41. The van der Waals surface area contributed by atoms with Gasteiger partial charge >= 0.3 is 5.97 Å². The number of hydrogen-bond acceptors (Lipinski definition) is 5. The molecule has 6 heteroatoms. The van der Waals surface area contributed by atoms with Gasteiger partial charge in [-0.15, -0.1) is 0 Å². The summed E-state index contributed by atoms with van der Waals surface area (Å²) in [5.41, 5.74) is 0.843. The van der Waals surface area contributed by atoms with E-state index in [2.05, 4.69) is 0 Å². The van der Waals surface area contributed by atoms with Gasteiger partial charge in [0.25, 0.3) is 0 Å². The largest absolute Gasteiger partial charge is 0.462 e. The van der Waals surface area contributed by atoms with Crippen molar-refractivity contribution in [2.24, 2.45) is 0 Å². The van der Waals surface area contributed by atoms with Crippen LogP contribution in [0, 0.1) is 0 Å². The minimum absolute atomic E-state index is 0.134. The Balaban J connectivity index is 2.69. The van der Waals surface area contributed by atoms with Gasteiger partial charge in [0, 0.05) is 25.4 Å². The highest BCUT2D eigenvalue weighted by molar-refractivity contribution is 6.12. The van der Waals surface area contributed by atoms with E-state index in [4.69, 9.17) is 9.47 Å². The van der Waals surface area contributed by atoms with E-state index in [-0.39, 0.29) is 36.0 Å². The van der Waals surface area contributed by atoms with Crippen LogP contribution in [-0.4, -0.2) is 45.0 Å². The van der Waals surface area contributed by atoms with E-state index < -0.39 is 11.4 Å². The maximum atomic E-state index is 12.6. The van der Waals surface area contributed by atoms with Crippen molar-refractivity contribution in [2.45, 2.75) is 26.2 Å². The number of likely N-dealkylation sites (N-methyl/N-ethyl adjacent to an activating group) is 1. The monoisotopic (exact) mass is 319 g/mol. The molecule has 0 aliphatic carbocycles. The third kappa shape index (κ3) is 2.63. The van der Waals surface area contributed by atoms with Crippen LogP contribution in [0.1, 0.15) is 47.1 Å². The summed E-state index contributed by atoms with van der Waals surface area (Å²) in [5.74, 6) is -0.954. The summed E-state index contributed by atoms with van der Waals surface area (Å²) in [6.45, 7) is 5.26. The Bertz CT molecular complexity index is 682. The van der Waals surface area contributed by atoms with Gasteiger partial charge in [-0.25, -0.2) is 4.79 Å². The van der Waals surface area contributed by atoms with Crippen LogP contribution in [0.3, 0.4) is 0 Å². The lowest BCUT2D eigenvalue weighted by atomic mass is 9.82. The van der Waals surface area contributed by atoms with Gasteiger partial charge in [-0.3, -0.25) is 9.59 Å². The van der Waals surface area contributed by atoms with Crippen molar-refractivity contribution in [1.82, 2.24) is 0 Å². The van der Waals surface area contributed by atoms with E-state index in [9.17, 15) is 14.4 Å². The second kappa shape index (κ2) is 6.12. The molecule has 0 fully saturated rings. The molecule has 0 radical (unpaired) electrons. The Labute approximate surface area is 135 Å². The second-order valence-electron chi connectivity index (χ2n) is 5.82. The lowest BCUT2D eigenvalue weighted by Gasteiger charge is -2.22. The number of rotatable bonds is 5. The molecule has 0 saturated heterocycles. The Morgan fingerprint density at radius 1 is 1.26 bits per heavy atom. The van der Waals surface area contributed by atoms with Crippen LogP contribution < -0.4 is 4.90 Å². The van der Waals surface area contributed by atoms with E-state index in [1.807, 2.05) is 0 Å². The van der Waals surface area contributed by atoms with Crippen LogP contribution in [0.15, 0.2) is 12.1 Å². The molecule has 1 unspecified atom stereocenters. The molecule has 124 valence electrons. The number of nitrogens with zero attached hydrogens (tertiary/aromatic N) is 1. The number of anilines is 1. The Morgan fingerprint density at radius 2 is 1.91 bits per heavy atom. The summed E-state index contributed by atoms with van der Waals surface area (Å²) in [7, 11) is 3.17. The molecule has 6 nitrogen and oxygen atoms in total. The smallest absolute Gasteiger partial charge is 0.338 e. The van der Waals surface area contributed by atoms with Crippen LogP contribution >= 0.6 is 0 Å². The molecule has 1 heterocycles. The first-order valence-corrected chi connectivity index (χ1v) is 7.41. The normalized spacial score (nSPS) is 19.7. The van der Waals surface area contributed by atoms with Crippen molar-refractivity contribution in [3.05, 3.63) is 28.8 Å². The summed E-state index contributed by atoms with van der Waals surface area (Å²) in [6.07, 6.45) is 0. The van der Waals surface area contributed by atoms with E-state index in [1.54, 1.807) is 33.0 Å². The van der Waals surface area contributed by atoms with Crippen molar-refractivity contribution in [3.63, 3.8) is 0 Å². The zero-order chi connectivity index (χ0) is 17.4. The summed E-state index contributed by atoms with van der Waals surface area (Å²) in [6, 6.07) is 3.17. The standard InChI is InChI=1S/C17H21NO5/c1-6-23-15(20)12-8-14-13(7-11(12)10(2)19)17(3,9-22-5)16(21)18(14)4/h7-8H,6,9H2,1-5H3. The lowest BCUT2D eigenvalue weighted by molar-refractivity contribution is -0.124. The van der Waals surface area contributed by atoms with Gasteiger partial charge in [0.15, 0.2) is 5.78 Å². The fourth-order valence-electron chi connectivity index (χ4n) is 3.00. The quantitative estimate of drug-likeness (QED) is 0.612. The molecule has 1 atom stereocenters. The molecule has 0 aromatic heterocycles. The predicted octanol–water partition coefficient (Wildman–Crippen LogP) is 1.95. The zero-order valence-electron chi connectivity index (χ0n) is 14.1. The molecule has 0 saturated carbocycles. The Hall–Kier alpha value is -2.21. The third-order valence-corrected chi connectivity index (χ3v) is 4.18.